The van der Waals surface area contributed by atoms with Crippen molar-refractivity contribution in [3.05, 3.63) is 39.9 Å². The van der Waals surface area contributed by atoms with Gasteiger partial charge in [-0.3, -0.25) is 0 Å². The summed E-state index contributed by atoms with van der Waals surface area (Å²) < 4.78 is 0. The molecule has 0 bridgehead atoms. The number of hydrogen-bond donors (Lipinski definition) is 2. The normalized spacial score (nSPS) is 15.4. The first kappa shape index (κ1) is 11.0. The predicted octanol–water partition coefficient (Wildman–Crippen LogP) is 2.69. The number of hydrogen-bond acceptors (Lipinski definition) is 2. The second-order valence-electron chi connectivity index (χ2n) is 3.53. The Bertz CT molecular complexity index is 404. The van der Waals surface area contributed by atoms with Gasteiger partial charge in [-0.2, -0.15) is 0 Å². The van der Waals surface area contributed by atoms with E-state index in [2.05, 4.69) is 10.9 Å². The molecule has 2 rings (SSSR count). The fraction of sp³-hybridized carbons (Fsp3) is 0.273. The van der Waals surface area contributed by atoms with E-state index in [0.717, 1.165) is 23.1 Å². The summed E-state index contributed by atoms with van der Waals surface area (Å²) in [7, 11) is 0. The molecule has 2 nitrogen and oxygen atoms in total. The Morgan fingerprint density at radius 1 is 1.47 bits per heavy atom. The van der Waals surface area contributed by atoms with E-state index in [-0.39, 0.29) is 0 Å². The molecule has 0 aromatic heterocycles. The van der Waals surface area contributed by atoms with E-state index in [1.165, 1.54) is 0 Å². The molecule has 0 saturated heterocycles. The van der Waals surface area contributed by atoms with Crippen LogP contribution in [0.25, 0.3) is 6.08 Å². The smallest absolute Gasteiger partial charge is 0.0928 e. The van der Waals surface area contributed by atoms with E-state index in [0.29, 0.717) is 11.6 Å². The monoisotopic (exact) mass is 243 g/mol. The zero-order chi connectivity index (χ0) is 10.8. The molecule has 1 aromatic rings. The van der Waals surface area contributed by atoms with Crippen LogP contribution in [0.4, 0.5) is 0 Å². The SMILES string of the molecule is O[C@H](CNCl)c1cc(Cl)c2c(c1)C=CC2. The minimum Gasteiger partial charge on any atom is -0.387 e. The molecule has 1 atom stereocenters. The standard InChI is InChI=1S/C11H11Cl2NO/c12-10-5-8(11(15)6-14-13)4-7-2-1-3-9(7)10/h1-2,4-5,11,14-15H,3,6H2/t11-/m1/s1. The minimum absolute atomic E-state index is 0.306. The molecule has 0 aliphatic heterocycles. The van der Waals surface area contributed by atoms with Crippen LogP contribution in [0.5, 0.6) is 0 Å². The average Bonchev–Trinajstić information content (AvgIpc) is 2.66. The first-order chi connectivity index (χ1) is 7.22. The van der Waals surface area contributed by atoms with Crippen molar-refractivity contribution in [2.24, 2.45) is 0 Å². The molecule has 0 saturated carbocycles. The highest BCUT2D eigenvalue weighted by molar-refractivity contribution is 6.31. The summed E-state index contributed by atoms with van der Waals surface area (Å²) in [6.07, 6.45) is 4.33. The van der Waals surface area contributed by atoms with Gasteiger partial charge in [0.15, 0.2) is 0 Å². The number of aliphatic hydroxyl groups excluding tert-OH is 1. The summed E-state index contributed by atoms with van der Waals surface area (Å²) in [5.74, 6) is 0. The van der Waals surface area contributed by atoms with Gasteiger partial charge in [0.2, 0.25) is 0 Å². The second-order valence-corrected chi connectivity index (χ2v) is 4.21. The topological polar surface area (TPSA) is 32.3 Å². The predicted molar refractivity (Wildman–Crippen MR) is 63.0 cm³/mol. The molecule has 0 spiro atoms. The van der Waals surface area contributed by atoms with Gasteiger partial charge in [-0.05, 0) is 47.0 Å². The van der Waals surface area contributed by atoms with Crippen LogP contribution < -0.4 is 4.84 Å². The number of nitrogens with one attached hydrogen (secondary N) is 1. The lowest BCUT2D eigenvalue weighted by Crippen LogP contribution is -2.12. The third-order valence-electron chi connectivity index (χ3n) is 2.53. The van der Waals surface area contributed by atoms with E-state index < -0.39 is 6.10 Å². The Morgan fingerprint density at radius 2 is 2.27 bits per heavy atom. The molecular formula is C11H11Cl2NO. The van der Waals surface area contributed by atoms with Crippen LogP contribution in [0.2, 0.25) is 5.02 Å². The van der Waals surface area contributed by atoms with Gasteiger partial charge >= 0.3 is 0 Å². The highest BCUT2D eigenvalue weighted by Gasteiger charge is 2.14. The summed E-state index contributed by atoms with van der Waals surface area (Å²) in [4.78, 5) is 2.41. The second kappa shape index (κ2) is 4.54. The molecule has 4 heteroatoms. The molecule has 0 amide bonds. The molecule has 1 aliphatic rings. The quantitative estimate of drug-likeness (QED) is 0.801. The van der Waals surface area contributed by atoms with Gasteiger partial charge in [0.05, 0.1) is 6.10 Å². The Labute approximate surface area is 98.6 Å². The maximum Gasteiger partial charge on any atom is 0.0928 e. The lowest BCUT2D eigenvalue weighted by Gasteiger charge is -2.12. The highest BCUT2D eigenvalue weighted by atomic mass is 35.5. The van der Waals surface area contributed by atoms with Crippen molar-refractivity contribution in [1.29, 1.82) is 0 Å². The number of allylic oxidation sites excluding steroid dienone is 1. The van der Waals surface area contributed by atoms with Crippen molar-refractivity contribution in [3.8, 4) is 0 Å². The molecule has 1 aliphatic carbocycles. The number of aliphatic hydroxyl groups is 1. The lowest BCUT2D eigenvalue weighted by atomic mass is 10.0. The summed E-state index contributed by atoms with van der Waals surface area (Å²) >= 11 is 11.5. The Kier molecular flexibility index (Phi) is 3.32. The van der Waals surface area contributed by atoms with Crippen LogP contribution in [-0.4, -0.2) is 11.7 Å². The number of halogens is 2. The fourth-order valence-electron chi connectivity index (χ4n) is 1.73. The summed E-state index contributed by atoms with van der Waals surface area (Å²) in [5.41, 5.74) is 3.01. The van der Waals surface area contributed by atoms with E-state index in [9.17, 15) is 5.11 Å². The van der Waals surface area contributed by atoms with Gasteiger partial charge in [0.25, 0.3) is 0 Å². The minimum atomic E-state index is -0.626. The van der Waals surface area contributed by atoms with Crippen LogP contribution in [0.3, 0.4) is 0 Å². The van der Waals surface area contributed by atoms with Gasteiger partial charge < -0.3 is 5.11 Å². The van der Waals surface area contributed by atoms with Crippen LogP contribution in [0.1, 0.15) is 22.8 Å². The van der Waals surface area contributed by atoms with E-state index >= 15 is 0 Å². The number of rotatable bonds is 3. The van der Waals surface area contributed by atoms with Gasteiger partial charge in [-0.1, -0.05) is 23.8 Å². The number of benzene rings is 1. The van der Waals surface area contributed by atoms with Crippen molar-refractivity contribution in [1.82, 2.24) is 4.84 Å². The Morgan fingerprint density at radius 3 is 3.00 bits per heavy atom. The average molecular weight is 244 g/mol. The molecule has 0 heterocycles. The van der Waals surface area contributed by atoms with Gasteiger partial charge in [-0.15, -0.1) is 0 Å². The molecule has 1 aromatic carbocycles. The molecule has 0 unspecified atom stereocenters. The molecule has 80 valence electrons. The molecule has 2 N–H and O–H groups in total. The highest BCUT2D eigenvalue weighted by Crippen LogP contribution is 2.30. The molecule has 15 heavy (non-hydrogen) atoms. The van der Waals surface area contributed by atoms with Crippen LogP contribution in [0, 0.1) is 0 Å². The van der Waals surface area contributed by atoms with Crippen LogP contribution in [0.15, 0.2) is 18.2 Å². The third-order valence-corrected chi connectivity index (χ3v) is 3.02. The zero-order valence-electron chi connectivity index (χ0n) is 8.00. The van der Waals surface area contributed by atoms with Crippen LogP contribution in [-0.2, 0) is 6.42 Å². The van der Waals surface area contributed by atoms with E-state index in [4.69, 9.17) is 23.4 Å². The summed E-state index contributed by atoms with van der Waals surface area (Å²) in [5, 5.41) is 10.5. The third kappa shape index (κ3) is 2.18. The number of fused-ring (bicyclic) bond motifs is 1. The van der Waals surface area contributed by atoms with Crippen molar-refractivity contribution in [2.45, 2.75) is 12.5 Å². The van der Waals surface area contributed by atoms with Crippen molar-refractivity contribution >= 4 is 29.5 Å². The molecular weight excluding hydrogens is 233 g/mol. The van der Waals surface area contributed by atoms with E-state index in [1.54, 1.807) is 6.07 Å². The van der Waals surface area contributed by atoms with E-state index in [1.807, 2.05) is 12.1 Å². The maximum atomic E-state index is 9.75. The van der Waals surface area contributed by atoms with Crippen LogP contribution >= 0.6 is 23.4 Å². The van der Waals surface area contributed by atoms with Gasteiger partial charge in [0.1, 0.15) is 0 Å². The van der Waals surface area contributed by atoms with Gasteiger partial charge in [0, 0.05) is 11.6 Å². The van der Waals surface area contributed by atoms with Crippen molar-refractivity contribution in [2.75, 3.05) is 6.54 Å². The lowest BCUT2D eigenvalue weighted by molar-refractivity contribution is 0.182. The first-order valence-electron chi connectivity index (χ1n) is 4.73. The summed E-state index contributed by atoms with van der Waals surface area (Å²) in [6, 6.07) is 3.75. The Balaban J connectivity index is 2.34. The van der Waals surface area contributed by atoms with Crippen molar-refractivity contribution in [3.63, 3.8) is 0 Å². The first-order valence-corrected chi connectivity index (χ1v) is 5.48. The summed E-state index contributed by atoms with van der Waals surface area (Å²) in [6.45, 7) is 0.306. The largest absolute Gasteiger partial charge is 0.387 e. The Hall–Kier alpha value is -0.540. The van der Waals surface area contributed by atoms with Gasteiger partial charge in [-0.25, -0.2) is 4.84 Å². The fourth-order valence-corrected chi connectivity index (χ4v) is 2.19. The zero-order valence-corrected chi connectivity index (χ0v) is 9.52. The van der Waals surface area contributed by atoms with Crippen molar-refractivity contribution < 1.29 is 5.11 Å². The molecule has 0 fully saturated rings. The maximum absolute atomic E-state index is 9.75. The molecule has 0 radical (unpaired) electrons.